The van der Waals surface area contributed by atoms with Crippen molar-refractivity contribution in [2.24, 2.45) is 0 Å². The van der Waals surface area contributed by atoms with Gasteiger partial charge in [0.15, 0.2) is 5.82 Å². The SMILES string of the molecule is CCOC(=O)c1nnn(Cc2ccc(OC)cc2)c1Nc1ccc(-c2ccc(C(F)(F)F)cc2)cc1. The Morgan fingerprint density at radius 2 is 1.56 bits per heavy atom. The standard InChI is InChI=1S/C26H23F3N4O3/c1-3-36-25(34)23-24(33(32-31-23)16-17-4-14-22(35-2)15-5-17)30-21-12-8-19(9-13-21)18-6-10-20(11-7-18)26(27,28)29/h4-15,30H,3,16H2,1-2H3. The predicted octanol–water partition coefficient (Wildman–Crippen LogP) is 5.94. The molecule has 0 radical (unpaired) electrons. The third kappa shape index (κ3) is 5.65. The Morgan fingerprint density at radius 3 is 2.11 bits per heavy atom. The maximum absolute atomic E-state index is 12.8. The Morgan fingerprint density at radius 1 is 0.944 bits per heavy atom. The molecule has 3 aromatic carbocycles. The lowest BCUT2D eigenvalue weighted by molar-refractivity contribution is -0.137. The van der Waals surface area contributed by atoms with Crippen LogP contribution >= 0.6 is 0 Å². The van der Waals surface area contributed by atoms with Gasteiger partial charge in [-0.25, -0.2) is 9.48 Å². The van der Waals surface area contributed by atoms with Crippen molar-refractivity contribution in [3.8, 4) is 16.9 Å². The zero-order chi connectivity index (χ0) is 25.7. The lowest BCUT2D eigenvalue weighted by Crippen LogP contribution is -2.11. The molecule has 4 aromatic rings. The van der Waals surface area contributed by atoms with Crippen LogP contribution in [0.1, 0.15) is 28.5 Å². The number of nitrogens with one attached hydrogen (secondary N) is 1. The molecule has 1 aromatic heterocycles. The zero-order valence-electron chi connectivity index (χ0n) is 19.5. The Hall–Kier alpha value is -4.34. The van der Waals surface area contributed by atoms with E-state index < -0.39 is 17.7 Å². The molecule has 0 amide bonds. The number of rotatable bonds is 8. The van der Waals surface area contributed by atoms with Gasteiger partial charge in [0.25, 0.3) is 0 Å². The molecule has 4 rings (SSSR count). The fourth-order valence-electron chi connectivity index (χ4n) is 3.52. The molecule has 0 fully saturated rings. The van der Waals surface area contributed by atoms with Gasteiger partial charge in [0.1, 0.15) is 5.75 Å². The van der Waals surface area contributed by atoms with Crippen molar-refractivity contribution in [2.75, 3.05) is 19.0 Å². The van der Waals surface area contributed by atoms with Crippen molar-refractivity contribution in [1.82, 2.24) is 15.0 Å². The average Bonchev–Trinajstić information content (AvgIpc) is 3.26. The van der Waals surface area contributed by atoms with Crippen molar-refractivity contribution in [3.05, 3.63) is 89.6 Å². The van der Waals surface area contributed by atoms with Gasteiger partial charge in [-0.3, -0.25) is 0 Å². The zero-order valence-corrected chi connectivity index (χ0v) is 19.5. The number of hydrogen-bond acceptors (Lipinski definition) is 6. The summed E-state index contributed by atoms with van der Waals surface area (Å²) in [7, 11) is 1.59. The van der Waals surface area contributed by atoms with Crippen molar-refractivity contribution >= 4 is 17.5 Å². The van der Waals surface area contributed by atoms with Crippen LogP contribution in [0.5, 0.6) is 5.75 Å². The number of nitrogens with zero attached hydrogens (tertiary/aromatic N) is 3. The van der Waals surface area contributed by atoms with Gasteiger partial charge >= 0.3 is 12.1 Å². The molecule has 0 atom stereocenters. The summed E-state index contributed by atoms with van der Waals surface area (Å²) in [5.74, 6) is 0.463. The van der Waals surface area contributed by atoms with Crippen LogP contribution in [0.15, 0.2) is 72.8 Å². The third-order valence-corrected chi connectivity index (χ3v) is 5.39. The van der Waals surface area contributed by atoms with E-state index >= 15 is 0 Å². The minimum absolute atomic E-state index is 0.0391. The van der Waals surface area contributed by atoms with Crippen LogP contribution in [0.25, 0.3) is 11.1 Å². The van der Waals surface area contributed by atoms with Crippen molar-refractivity contribution < 1.29 is 27.4 Å². The molecule has 10 heteroatoms. The summed E-state index contributed by atoms with van der Waals surface area (Å²) < 4.78 is 50.4. The number of methoxy groups -OCH3 is 1. The molecule has 1 heterocycles. The van der Waals surface area contributed by atoms with Crippen molar-refractivity contribution in [3.63, 3.8) is 0 Å². The van der Waals surface area contributed by atoms with Gasteiger partial charge in [0.05, 0.1) is 25.8 Å². The van der Waals surface area contributed by atoms with E-state index in [0.29, 0.717) is 23.6 Å². The Balaban J connectivity index is 1.58. The second-order valence-electron chi connectivity index (χ2n) is 7.79. The highest BCUT2D eigenvalue weighted by Crippen LogP contribution is 2.31. The van der Waals surface area contributed by atoms with Crippen LogP contribution in [0, 0.1) is 0 Å². The number of carbonyl (C=O) groups excluding carboxylic acids is 1. The molecule has 0 spiro atoms. The average molecular weight is 496 g/mol. The van der Waals surface area contributed by atoms with Crippen molar-refractivity contribution in [1.29, 1.82) is 0 Å². The monoisotopic (exact) mass is 496 g/mol. The second-order valence-corrected chi connectivity index (χ2v) is 7.79. The highest BCUT2D eigenvalue weighted by molar-refractivity contribution is 5.93. The van der Waals surface area contributed by atoms with Crippen LogP contribution in [-0.4, -0.2) is 34.7 Å². The summed E-state index contributed by atoms with van der Waals surface area (Å²) >= 11 is 0. The fraction of sp³-hybridized carbons (Fsp3) is 0.192. The first-order valence-corrected chi connectivity index (χ1v) is 11.1. The number of halogens is 3. The molecule has 0 unspecified atom stereocenters. The van der Waals surface area contributed by atoms with E-state index in [4.69, 9.17) is 9.47 Å². The van der Waals surface area contributed by atoms with E-state index in [9.17, 15) is 18.0 Å². The molecule has 0 saturated carbocycles. The Kier molecular flexibility index (Phi) is 7.23. The number of anilines is 2. The molecule has 0 aliphatic heterocycles. The van der Waals surface area contributed by atoms with E-state index in [1.165, 1.54) is 12.1 Å². The fourth-order valence-corrected chi connectivity index (χ4v) is 3.52. The number of alkyl halides is 3. The first-order chi connectivity index (χ1) is 17.3. The molecule has 7 nitrogen and oxygen atoms in total. The largest absolute Gasteiger partial charge is 0.497 e. The van der Waals surface area contributed by atoms with Gasteiger partial charge < -0.3 is 14.8 Å². The molecular weight excluding hydrogens is 473 g/mol. The summed E-state index contributed by atoms with van der Waals surface area (Å²) in [5, 5.41) is 11.3. The van der Waals surface area contributed by atoms with E-state index in [1.54, 1.807) is 43.0 Å². The number of hydrogen-bond donors (Lipinski definition) is 1. The van der Waals surface area contributed by atoms with E-state index in [0.717, 1.165) is 29.0 Å². The van der Waals surface area contributed by atoms with Crippen LogP contribution < -0.4 is 10.1 Å². The van der Waals surface area contributed by atoms with Crippen LogP contribution in [0.2, 0.25) is 0 Å². The normalized spacial score (nSPS) is 11.2. The summed E-state index contributed by atoms with van der Waals surface area (Å²) in [6.07, 6.45) is -4.38. The summed E-state index contributed by atoms with van der Waals surface area (Å²) in [6, 6.07) is 19.4. The number of esters is 1. The molecule has 0 bridgehead atoms. The second kappa shape index (κ2) is 10.5. The molecule has 1 N–H and O–H groups in total. The lowest BCUT2D eigenvalue weighted by atomic mass is 10.0. The van der Waals surface area contributed by atoms with Gasteiger partial charge in [-0.1, -0.05) is 41.6 Å². The predicted molar refractivity (Wildman–Crippen MR) is 128 cm³/mol. The number of benzene rings is 3. The smallest absolute Gasteiger partial charge is 0.416 e. The number of aromatic nitrogens is 3. The summed E-state index contributed by atoms with van der Waals surface area (Å²) in [4.78, 5) is 12.5. The highest BCUT2D eigenvalue weighted by Gasteiger charge is 2.30. The first kappa shape index (κ1) is 24.8. The van der Waals surface area contributed by atoms with E-state index in [1.807, 2.05) is 24.3 Å². The van der Waals surface area contributed by atoms with Gasteiger partial charge in [-0.15, -0.1) is 5.10 Å². The molecule has 36 heavy (non-hydrogen) atoms. The summed E-state index contributed by atoms with van der Waals surface area (Å²) in [6.45, 7) is 2.22. The summed E-state index contributed by atoms with van der Waals surface area (Å²) in [5.41, 5.74) is 2.27. The van der Waals surface area contributed by atoms with Crippen LogP contribution in [-0.2, 0) is 17.5 Å². The molecule has 0 aliphatic carbocycles. The van der Waals surface area contributed by atoms with Gasteiger partial charge in [0.2, 0.25) is 5.69 Å². The molecule has 186 valence electrons. The van der Waals surface area contributed by atoms with Crippen molar-refractivity contribution in [2.45, 2.75) is 19.6 Å². The highest BCUT2D eigenvalue weighted by atomic mass is 19.4. The lowest BCUT2D eigenvalue weighted by Gasteiger charge is -2.12. The van der Waals surface area contributed by atoms with Gasteiger partial charge in [0, 0.05) is 5.69 Å². The Labute approximate surface area is 205 Å². The maximum atomic E-state index is 12.8. The number of carbonyl (C=O) groups is 1. The maximum Gasteiger partial charge on any atom is 0.416 e. The number of ether oxygens (including phenoxy) is 2. The molecule has 0 aliphatic rings. The minimum Gasteiger partial charge on any atom is -0.497 e. The molecule has 0 saturated heterocycles. The van der Waals surface area contributed by atoms with Crippen LogP contribution in [0.3, 0.4) is 0 Å². The molecular formula is C26H23F3N4O3. The first-order valence-electron chi connectivity index (χ1n) is 11.1. The minimum atomic E-state index is -4.38. The van der Waals surface area contributed by atoms with Gasteiger partial charge in [-0.2, -0.15) is 13.2 Å². The quantitative estimate of drug-likeness (QED) is 0.304. The van der Waals surface area contributed by atoms with E-state index in [2.05, 4.69) is 15.6 Å². The van der Waals surface area contributed by atoms with Gasteiger partial charge in [-0.05, 0) is 60.0 Å². The third-order valence-electron chi connectivity index (χ3n) is 5.39. The van der Waals surface area contributed by atoms with E-state index in [-0.39, 0.29) is 12.3 Å². The Bertz CT molecular complexity index is 1320. The topological polar surface area (TPSA) is 78.3 Å². The van der Waals surface area contributed by atoms with Crippen LogP contribution in [0.4, 0.5) is 24.7 Å².